The van der Waals surface area contributed by atoms with Gasteiger partial charge in [-0.25, -0.2) is 9.78 Å². The van der Waals surface area contributed by atoms with Crippen LogP contribution in [0.15, 0.2) is 48.7 Å². The lowest BCUT2D eigenvalue weighted by atomic mass is 10.0. The number of anilines is 1. The zero-order chi connectivity index (χ0) is 24.0. The molecule has 0 fully saturated rings. The monoisotopic (exact) mass is 453 g/mol. The maximum absolute atomic E-state index is 13.6. The van der Waals surface area contributed by atoms with Crippen molar-refractivity contribution in [2.45, 2.75) is 52.0 Å². The molecule has 176 valence electrons. The number of pyridine rings is 1. The lowest BCUT2D eigenvalue weighted by Gasteiger charge is -2.31. The quantitative estimate of drug-likeness (QED) is 0.563. The number of fused-ring (bicyclic) bond motifs is 1. The van der Waals surface area contributed by atoms with E-state index in [2.05, 4.69) is 20.9 Å². The van der Waals surface area contributed by atoms with Crippen molar-refractivity contribution in [3.8, 4) is 0 Å². The molecule has 2 aromatic rings. The summed E-state index contributed by atoms with van der Waals surface area (Å²) in [5.74, 6) is -0.418. The second-order valence-electron chi connectivity index (χ2n) is 8.34. The fraction of sp³-hybridized carbons (Fsp3) is 0.417. The third-order valence-corrected chi connectivity index (χ3v) is 5.60. The molecule has 0 unspecified atom stereocenters. The van der Waals surface area contributed by atoms with Crippen LogP contribution in [-0.2, 0) is 27.3 Å². The van der Waals surface area contributed by atoms with Crippen LogP contribution >= 0.6 is 0 Å². The highest BCUT2D eigenvalue weighted by Gasteiger charge is 2.41. The lowest BCUT2D eigenvalue weighted by molar-refractivity contribution is -0.130. The van der Waals surface area contributed by atoms with Crippen LogP contribution in [0.2, 0.25) is 0 Å². The van der Waals surface area contributed by atoms with Gasteiger partial charge in [0, 0.05) is 24.7 Å². The summed E-state index contributed by atoms with van der Waals surface area (Å²) in [7, 11) is 1.68. The number of nitrogens with one attached hydrogen (secondary N) is 3. The fourth-order valence-corrected chi connectivity index (χ4v) is 3.57. The summed E-state index contributed by atoms with van der Waals surface area (Å²) >= 11 is 0. The van der Waals surface area contributed by atoms with E-state index in [-0.39, 0.29) is 17.7 Å². The molecule has 3 N–H and O–H groups in total. The van der Waals surface area contributed by atoms with E-state index in [0.717, 1.165) is 11.1 Å². The van der Waals surface area contributed by atoms with Crippen LogP contribution in [0.5, 0.6) is 0 Å². The molecule has 3 amide bonds. The molecule has 0 bridgehead atoms. The summed E-state index contributed by atoms with van der Waals surface area (Å²) in [6.45, 7) is 5.72. The first kappa shape index (κ1) is 24.2. The van der Waals surface area contributed by atoms with Crippen molar-refractivity contribution < 1.29 is 19.1 Å². The Balaban J connectivity index is 1.77. The summed E-state index contributed by atoms with van der Waals surface area (Å²) in [5, 5.41) is 8.41. The van der Waals surface area contributed by atoms with Crippen LogP contribution in [-0.4, -0.2) is 48.3 Å². The minimum atomic E-state index is -0.863. The third-order valence-electron chi connectivity index (χ3n) is 5.60. The molecule has 0 aliphatic carbocycles. The molecular formula is C24H31N5O4. The van der Waals surface area contributed by atoms with E-state index in [1.807, 2.05) is 50.2 Å². The van der Waals surface area contributed by atoms with Crippen molar-refractivity contribution in [2.24, 2.45) is 5.92 Å². The number of ether oxygens (including phenoxy) is 1. The number of carbonyl (C=O) groups is 3. The summed E-state index contributed by atoms with van der Waals surface area (Å²) in [6.07, 6.45) is 0.406. The number of rotatable bonds is 8. The number of alkyl carbamates (subject to hydrolysis) is 1. The molecule has 3 rings (SSSR count). The number of likely N-dealkylation sites (N-methyl/N-ethyl adjacent to an activating group) is 1. The Labute approximate surface area is 193 Å². The second kappa shape index (κ2) is 10.9. The summed E-state index contributed by atoms with van der Waals surface area (Å²) in [5.41, 5.74) is 1.73. The van der Waals surface area contributed by atoms with Crippen molar-refractivity contribution in [1.82, 2.24) is 20.9 Å². The first-order valence-electron chi connectivity index (χ1n) is 11.0. The fourth-order valence-electron chi connectivity index (χ4n) is 3.57. The predicted octanol–water partition coefficient (Wildman–Crippen LogP) is 1.97. The van der Waals surface area contributed by atoms with Crippen LogP contribution < -0.4 is 20.9 Å². The van der Waals surface area contributed by atoms with E-state index >= 15 is 0 Å². The van der Waals surface area contributed by atoms with Gasteiger partial charge in [0.1, 0.15) is 11.9 Å². The van der Waals surface area contributed by atoms with Gasteiger partial charge >= 0.3 is 6.09 Å². The predicted molar refractivity (Wildman–Crippen MR) is 124 cm³/mol. The van der Waals surface area contributed by atoms with E-state index in [4.69, 9.17) is 4.74 Å². The molecule has 1 aromatic heterocycles. The molecule has 1 aliphatic rings. The Hall–Kier alpha value is -3.46. The van der Waals surface area contributed by atoms with Gasteiger partial charge in [-0.3, -0.25) is 14.5 Å². The van der Waals surface area contributed by atoms with Crippen LogP contribution in [0.1, 0.15) is 31.9 Å². The van der Waals surface area contributed by atoms with Gasteiger partial charge in [-0.1, -0.05) is 50.2 Å². The molecule has 9 nitrogen and oxygen atoms in total. The molecule has 9 heteroatoms. The van der Waals surface area contributed by atoms with Crippen molar-refractivity contribution in [3.63, 3.8) is 0 Å². The van der Waals surface area contributed by atoms with Crippen molar-refractivity contribution in [1.29, 1.82) is 0 Å². The van der Waals surface area contributed by atoms with E-state index in [9.17, 15) is 14.4 Å². The largest absolute Gasteiger partial charge is 0.425 e. The van der Waals surface area contributed by atoms with Crippen LogP contribution in [0.3, 0.4) is 0 Å². The molecule has 0 saturated heterocycles. The van der Waals surface area contributed by atoms with E-state index in [1.54, 1.807) is 26.2 Å². The Morgan fingerprint density at radius 3 is 2.52 bits per heavy atom. The van der Waals surface area contributed by atoms with Gasteiger partial charge in [0.25, 0.3) is 5.91 Å². The summed E-state index contributed by atoms with van der Waals surface area (Å²) in [6, 6.07) is 11.8. The van der Waals surface area contributed by atoms with Gasteiger partial charge in [-0.15, -0.1) is 0 Å². The van der Waals surface area contributed by atoms with Crippen molar-refractivity contribution in [3.05, 3.63) is 59.8 Å². The minimum absolute atomic E-state index is 0.189. The average molecular weight is 454 g/mol. The van der Waals surface area contributed by atoms with Gasteiger partial charge in [-0.05, 0) is 31.5 Å². The normalized spacial score (nSPS) is 16.6. The van der Waals surface area contributed by atoms with Crippen molar-refractivity contribution in [2.75, 3.05) is 11.9 Å². The van der Waals surface area contributed by atoms with Crippen LogP contribution in [0.4, 0.5) is 10.6 Å². The topological polar surface area (TPSA) is 113 Å². The highest BCUT2D eigenvalue weighted by atomic mass is 16.6. The average Bonchev–Trinajstić information content (AvgIpc) is 3.18. The molecule has 3 atom stereocenters. The highest BCUT2D eigenvalue weighted by molar-refractivity contribution is 6.01. The number of aromatic nitrogens is 1. The number of nitrogens with zero attached hydrogens (tertiary/aromatic N) is 2. The van der Waals surface area contributed by atoms with E-state index < -0.39 is 24.4 Å². The summed E-state index contributed by atoms with van der Waals surface area (Å²) < 4.78 is 5.64. The standard InChI is InChI=1S/C24H31N5O4/c1-15(2)20(28-22(30)16(3)25-4)23(31)29-19(13-18-11-8-12-26-21(18)29)33-24(32)27-14-17-9-6-5-7-10-17/h5-12,15-16,19-20,25H,13-14H2,1-4H3,(H,27,32)(H,28,30)/t16-,19+,20-/m0/s1. The zero-order valence-electron chi connectivity index (χ0n) is 19.4. The van der Waals surface area contributed by atoms with Crippen molar-refractivity contribution >= 4 is 23.7 Å². The highest BCUT2D eigenvalue weighted by Crippen LogP contribution is 2.31. The Morgan fingerprint density at radius 1 is 1.12 bits per heavy atom. The number of amides is 3. The molecule has 1 aliphatic heterocycles. The zero-order valence-corrected chi connectivity index (χ0v) is 19.4. The number of hydrogen-bond donors (Lipinski definition) is 3. The van der Waals surface area contributed by atoms with Gasteiger partial charge < -0.3 is 20.7 Å². The molecule has 2 heterocycles. The number of carbonyl (C=O) groups excluding carboxylic acids is 3. The van der Waals surface area contributed by atoms with Gasteiger partial charge in [0.05, 0.1) is 6.04 Å². The Kier molecular flexibility index (Phi) is 8.00. The maximum atomic E-state index is 13.6. The molecule has 0 spiro atoms. The van der Waals surface area contributed by atoms with E-state index in [0.29, 0.717) is 18.8 Å². The van der Waals surface area contributed by atoms with Gasteiger partial charge in [0.15, 0.2) is 6.23 Å². The second-order valence-corrected chi connectivity index (χ2v) is 8.34. The number of hydrogen-bond acceptors (Lipinski definition) is 6. The van der Waals surface area contributed by atoms with Crippen LogP contribution in [0.25, 0.3) is 0 Å². The Bertz CT molecular complexity index is 982. The van der Waals surface area contributed by atoms with Crippen LogP contribution in [0, 0.1) is 5.92 Å². The SMILES string of the molecule is CN[C@@H](C)C(=O)N[C@H](C(=O)N1c2ncccc2C[C@H]1OC(=O)NCc1ccccc1)C(C)C. The van der Waals surface area contributed by atoms with Gasteiger partial charge in [-0.2, -0.15) is 0 Å². The smallest absolute Gasteiger partial charge is 0.409 e. The van der Waals surface area contributed by atoms with Gasteiger partial charge in [0.2, 0.25) is 5.91 Å². The molecular weight excluding hydrogens is 422 g/mol. The molecule has 0 radical (unpaired) electrons. The first-order valence-corrected chi connectivity index (χ1v) is 11.0. The molecule has 33 heavy (non-hydrogen) atoms. The minimum Gasteiger partial charge on any atom is -0.425 e. The molecule has 1 aromatic carbocycles. The third kappa shape index (κ3) is 5.87. The maximum Gasteiger partial charge on any atom is 0.409 e. The summed E-state index contributed by atoms with van der Waals surface area (Å²) in [4.78, 5) is 44.4. The molecule has 0 saturated carbocycles. The van der Waals surface area contributed by atoms with E-state index in [1.165, 1.54) is 4.90 Å². The Morgan fingerprint density at radius 2 is 1.85 bits per heavy atom. The number of benzene rings is 1. The lowest BCUT2D eigenvalue weighted by Crippen LogP contribution is -2.56. The first-order chi connectivity index (χ1) is 15.8.